The summed E-state index contributed by atoms with van der Waals surface area (Å²) < 4.78 is 10.6. The minimum absolute atomic E-state index is 0.335. The third kappa shape index (κ3) is 2.44. The quantitative estimate of drug-likeness (QED) is 0.820. The van der Waals surface area contributed by atoms with E-state index in [0.29, 0.717) is 16.7 Å². The van der Waals surface area contributed by atoms with Gasteiger partial charge in [0.25, 0.3) is 0 Å². The van der Waals surface area contributed by atoms with Crippen LogP contribution in [-0.4, -0.2) is 19.2 Å². The molecule has 2 N–H and O–H groups in total. The summed E-state index contributed by atoms with van der Waals surface area (Å²) in [5.74, 6) is 1.79. The highest BCUT2D eigenvalue weighted by Gasteiger charge is 2.14. The monoisotopic (exact) mass is 239 g/mol. The molecule has 0 heterocycles. The van der Waals surface area contributed by atoms with Gasteiger partial charge in [0.2, 0.25) is 0 Å². The summed E-state index contributed by atoms with van der Waals surface area (Å²) in [6, 6.07) is 3.76. The molecule has 0 aromatic heterocycles. The lowest BCUT2D eigenvalue weighted by molar-refractivity contribution is 0.389. The molecule has 0 spiro atoms. The Bertz CT molecular complexity index is 402. The Labute approximate surface area is 102 Å². The summed E-state index contributed by atoms with van der Waals surface area (Å²) in [5.41, 5.74) is 7.49. The zero-order chi connectivity index (χ0) is 12.3. The Hall–Kier alpha value is -1.29. The molecule has 88 valence electrons. The van der Waals surface area contributed by atoms with Gasteiger partial charge in [0.05, 0.1) is 19.8 Å². The van der Waals surface area contributed by atoms with E-state index in [9.17, 15) is 0 Å². The first-order valence-corrected chi connectivity index (χ1v) is 5.47. The van der Waals surface area contributed by atoms with Crippen molar-refractivity contribution in [1.82, 2.24) is 0 Å². The molecule has 4 heteroatoms. The van der Waals surface area contributed by atoms with Gasteiger partial charge in [0.1, 0.15) is 16.5 Å². The van der Waals surface area contributed by atoms with Crippen LogP contribution < -0.4 is 15.2 Å². The average Bonchev–Trinajstić information content (AvgIpc) is 2.26. The van der Waals surface area contributed by atoms with Crippen molar-refractivity contribution in [3.05, 3.63) is 23.3 Å². The van der Waals surface area contributed by atoms with E-state index in [2.05, 4.69) is 13.8 Å². The lowest BCUT2D eigenvalue weighted by Gasteiger charge is -2.16. The predicted octanol–water partition coefficient (Wildman–Crippen LogP) is 2.46. The molecule has 0 saturated carbocycles. The third-order valence-electron chi connectivity index (χ3n) is 2.44. The second kappa shape index (κ2) is 5.16. The number of methoxy groups -OCH3 is 2. The summed E-state index contributed by atoms with van der Waals surface area (Å²) in [6.45, 7) is 4.18. The van der Waals surface area contributed by atoms with E-state index in [1.54, 1.807) is 14.2 Å². The molecule has 3 nitrogen and oxygen atoms in total. The van der Waals surface area contributed by atoms with Crippen LogP contribution in [0, 0.1) is 0 Å². The van der Waals surface area contributed by atoms with Crippen LogP contribution in [0.15, 0.2) is 12.1 Å². The van der Waals surface area contributed by atoms with Crippen LogP contribution in [-0.2, 0) is 0 Å². The highest BCUT2D eigenvalue weighted by atomic mass is 32.1. The molecule has 1 aromatic carbocycles. The Morgan fingerprint density at radius 3 is 2.12 bits per heavy atom. The van der Waals surface area contributed by atoms with E-state index in [4.69, 9.17) is 27.4 Å². The molecule has 0 atom stereocenters. The molecule has 0 saturated heterocycles. The first kappa shape index (κ1) is 12.8. The highest BCUT2D eigenvalue weighted by Crippen LogP contribution is 2.33. The maximum absolute atomic E-state index is 5.66. The Morgan fingerprint density at radius 2 is 1.75 bits per heavy atom. The number of thiocarbonyl (C=S) groups is 1. The van der Waals surface area contributed by atoms with E-state index in [1.165, 1.54) is 0 Å². The molecule has 0 aliphatic carbocycles. The van der Waals surface area contributed by atoms with Gasteiger partial charge in [-0.15, -0.1) is 0 Å². The van der Waals surface area contributed by atoms with Crippen molar-refractivity contribution >= 4 is 17.2 Å². The van der Waals surface area contributed by atoms with Crippen LogP contribution in [0.1, 0.15) is 30.9 Å². The van der Waals surface area contributed by atoms with Crippen molar-refractivity contribution in [3.63, 3.8) is 0 Å². The lowest BCUT2D eigenvalue weighted by atomic mass is 9.99. The molecule has 0 amide bonds. The molecule has 0 aliphatic heterocycles. The first-order valence-electron chi connectivity index (χ1n) is 5.07. The summed E-state index contributed by atoms with van der Waals surface area (Å²) in [5, 5.41) is 0. The topological polar surface area (TPSA) is 44.5 Å². The fourth-order valence-corrected chi connectivity index (χ4v) is 1.73. The molecule has 1 rings (SSSR count). The van der Waals surface area contributed by atoms with Gasteiger partial charge in [-0.05, 0) is 17.5 Å². The molecule has 0 fully saturated rings. The zero-order valence-electron chi connectivity index (χ0n) is 10.0. The van der Waals surface area contributed by atoms with Gasteiger partial charge in [0, 0.05) is 6.07 Å². The standard InChI is InChI=1S/C12H17NO2S/c1-7(2)8-5-9(12(13)16)11(15-4)6-10(8)14-3/h5-7H,1-4H3,(H2,13,16). The molecular formula is C12H17NO2S. The Kier molecular flexibility index (Phi) is 4.12. The Morgan fingerprint density at radius 1 is 1.19 bits per heavy atom. The smallest absolute Gasteiger partial charge is 0.132 e. The number of rotatable bonds is 4. The number of hydrogen-bond acceptors (Lipinski definition) is 3. The molecule has 1 aromatic rings. The molecule has 0 unspecified atom stereocenters. The zero-order valence-corrected chi connectivity index (χ0v) is 10.9. The van der Waals surface area contributed by atoms with Crippen molar-refractivity contribution in [2.45, 2.75) is 19.8 Å². The fourth-order valence-electron chi connectivity index (χ4n) is 1.57. The fraction of sp³-hybridized carbons (Fsp3) is 0.417. The van der Waals surface area contributed by atoms with Crippen molar-refractivity contribution in [2.24, 2.45) is 5.73 Å². The molecule has 0 aliphatic rings. The van der Waals surface area contributed by atoms with E-state index in [1.807, 2.05) is 12.1 Å². The second-order valence-corrected chi connectivity index (χ2v) is 4.25. The van der Waals surface area contributed by atoms with Crippen LogP contribution in [0.25, 0.3) is 0 Å². The first-order chi connectivity index (χ1) is 7.51. The SMILES string of the molecule is COc1cc(OC)c(C(C)C)cc1C(N)=S. The van der Waals surface area contributed by atoms with E-state index < -0.39 is 0 Å². The molecule has 0 radical (unpaired) electrons. The van der Waals surface area contributed by atoms with Gasteiger partial charge < -0.3 is 15.2 Å². The van der Waals surface area contributed by atoms with Gasteiger partial charge in [0.15, 0.2) is 0 Å². The number of ether oxygens (including phenoxy) is 2. The number of benzene rings is 1. The van der Waals surface area contributed by atoms with Crippen LogP contribution in [0.2, 0.25) is 0 Å². The number of hydrogen-bond donors (Lipinski definition) is 1. The summed E-state index contributed by atoms with van der Waals surface area (Å²) >= 11 is 5.00. The minimum atomic E-state index is 0.335. The molecular weight excluding hydrogens is 222 g/mol. The highest BCUT2D eigenvalue weighted by molar-refractivity contribution is 7.80. The van der Waals surface area contributed by atoms with Crippen LogP contribution in [0.5, 0.6) is 11.5 Å². The van der Waals surface area contributed by atoms with Gasteiger partial charge in [-0.3, -0.25) is 0 Å². The summed E-state index contributed by atoms with van der Waals surface area (Å²) in [7, 11) is 3.23. The minimum Gasteiger partial charge on any atom is -0.496 e. The molecule has 0 bridgehead atoms. The van der Waals surface area contributed by atoms with Crippen molar-refractivity contribution in [1.29, 1.82) is 0 Å². The van der Waals surface area contributed by atoms with Gasteiger partial charge in [-0.25, -0.2) is 0 Å². The van der Waals surface area contributed by atoms with Crippen molar-refractivity contribution < 1.29 is 9.47 Å². The van der Waals surface area contributed by atoms with Crippen molar-refractivity contribution in [3.8, 4) is 11.5 Å². The third-order valence-corrected chi connectivity index (χ3v) is 2.66. The van der Waals surface area contributed by atoms with Gasteiger partial charge >= 0.3 is 0 Å². The second-order valence-electron chi connectivity index (χ2n) is 3.81. The normalized spacial score (nSPS) is 10.3. The maximum atomic E-state index is 5.66. The van der Waals surface area contributed by atoms with Crippen LogP contribution >= 0.6 is 12.2 Å². The Balaban J connectivity index is 3.40. The van der Waals surface area contributed by atoms with Gasteiger partial charge in [-0.1, -0.05) is 26.1 Å². The van der Waals surface area contributed by atoms with Crippen LogP contribution in [0.4, 0.5) is 0 Å². The maximum Gasteiger partial charge on any atom is 0.132 e. The largest absolute Gasteiger partial charge is 0.496 e. The average molecular weight is 239 g/mol. The summed E-state index contributed by atoms with van der Waals surface area (Å²) in [6.07, 6.45) is 0. The molecule has 16 heavy (non-hydrogen) atoms. The number of nitrogens with two attached hydrogens (primary N) is 1. The predicted molar refractivity (Wildman–Crippen MR) is 69.5 cm³/mol. The van der Waals surface area contributed by atoms with Crippen LogP contribution in [0.3, 0.4) is 0 Å². The lowest BCUT2D eigenvalue weighted by Crippen LogP contribution is -2.12. The van der Waals surface area contributed by atoms with E-state index >= 15 is 0 Å². The summed E-state index contributed by atoms with van der Waals surface area (Å²) in [4.78, 5) is 0.335. The van der Waals surface area contributed by atoms with E-state index in [0.717, 1.165) is 16.9 Å². The van der Waals surface area contributed by atoms with Crippen molar-refractivity contribution in [2.75, 3.05) is 14.2 Å². The van der Waals surface area contributed by atoms with Gasteiger partial charge in [-0.2, -0.15) is 0 Å². The van der Waals surface area contributed by atoms with E-state index in [-0.39, 0.29) is 0 Å².